The minimum Gasteiger partial charge on any atom is -0.287 e. The maximum Gasteiger partial charge on any atom is 0.247 e. The number of halogens is 1. The number of likely N-dealkylation sites (tertiary alicyclic amines) is 1. The van der Waals surface area contributed by atoms with Gasteiger partial charge in [0.15, 0.2) is 0 Å². The van der Waals surface area contributed by atoms with Gasteiger partial charge in [0, 0.05) is 18.1 Å². The number of nitriles is 1. The average molecular weight is 380 g/mol. The van der Waals surface area contributed by atoms with Gasteiger partial charge >= 0.3 is 0 Å². The Bertz CT molecular complexity index is 949. The van der Waals surface area contributed by atoms with Gasteiger partial charge in [0.05, 0.1) is 30.6 Å². The maximum atomic E-state index is 12.9. The van der Waals surface area contributed by atoms with E-state index in [1.54, 1.807) is 12.1 Å². The first-order valence-corrected chi connectivity index (χ1v) is 9.28. The number of amides is 2. The minimum absolute atomic E-state index is 0.142. The van der Waals surface area contributed by atoms with Gasteiger partial charge in [-0.3, -0.25) is 19.4 Å². The molecule has 0 spiro atoms. The van der Waals surface area contributed by atoms with E-state index in [0.29, 0.717) is 30.1 Å². The van der Waals surface area contributed by atoms with E-state index in [9.17, 15) is 14.9 Å². The van der Waals surface area contributed by atoms with Crippen molar-refractivity contribution >= 4 is 23.4 Å². The lowest BCUT2D eigenvalue weighted by Gasteiger charge is -2.32. The number of carbonyl (C=O) groups excluding carboxylic acids is 2. The van der Waals surface area contributed by atoms with Gasteiger partial charge in [0.25, 0.3) is 0 Å². The summed E-state index contributed by atoms with van der Waals surface area (Å²) in [6, 6.07) is 14.7. The number of hydrogen-bond acceptors (Lipinski definition) is 4. The Morgan fingerprint density at radius 2 is 1.93 bits per heavy atom. The molecule has 0 aromatic heterocycles. The lowest BCUT2D eigenvalue weighted by molar-refractivity contribution is -0.140. The molecule has 2 aromatic rings. The molecule has 0 bridgehead atoms. The molecule has 5 nitrogen and oxygen atoms in total. The van der Waals surface area contributed by atoms with Gasteiger partial charge in [-0.05, 0) is 41.3 Å². The van der Waals surface area contributed by atoms with Gasteiger partial charge < -0.3 is 0 Å². The van der Waals surface area contributed by atoms with Crippen LogP contribution in [0, 0.1) is 11.3 Å². The third kappa shape index (κ3) is 3.34. The quantitative estimate of drug-likeness (QED) is 0.769. The first-order valence-electron chi connectivity index (χ1n) is 8.90. The summed E-state index contributed by atoms with van der Waals surface area (Å²) >= 11 is 5.90. The van der Waals surface area contributed by atoms with Crippen molar-refractivity contribution in [2.24, 2.45) is 0 Å². The third-order valence-electron chi connectivity index (χ3n) is 5.33. The monoisotopic (exact) mass is 379 g/mol. The topological polar surface area (TPSA) is 64.4 Å². The van der Waals surface area contributed by atoms with Crippen LogP contribution in [0.15, 0.2) is 42.5 Å². The Morgan fingerprint density at radius 3 is 2.67 bits per heavy atom. The molecule has 0 N–H and O–H groups in total. The molecule has 1 fully saturated rings. The van der Waals surface area contributed by atoms with Crippen LogP contribution in [0.2, 0.25) is 5.02 Å². The average Bonchev–Trinajstić information content (AvgIpc) is 2.97. The molecule has 0 saturated carbocycles. The largest absolute Gasteiger partial charge is 0.287 e. The molecule has 4 rings (SSSR count). The van der Waals surface area contributed by atoms with E-state index in [4.69, 9.17) is 11.6 Å². The van der Waals surface area contributed by atoms with Gasteiger partial charge in [-0.2, -0.15) is 5.26 Å². The summed E-state index contributed by atoms with van der Waals surface area (Å²) in [5.41, 5.74) is 3.71. The van der Waals surface area contributed by atoms with Crippen molar-refractivity contribution < 1.29 is 9.59 Å². The fraction of sp³-hybridized carbons (Fsp3) is 0.286. The van der Waals surface area contributed by atoms with E-state index < -0.39 is 6.04 Å². The van der Waals surface area contributed by atoms with Crippen LogP contribution in [0.4, 0.5) is 0 Å². The fourth-order valence-corrected chi connectivity index (χ4v) is 4.02. The molecule has 2 aromatic carbocycles. The van der Waals surface area contributed by atoms with E-state index >= 15 is 0 Å². The van der Waals surface area contributed by atoms with E-state index in [1.807, 2.05) is 30.3 Å². The fourth-order valence-electron chi connectivity index (χ4n) is 3.89. The first kappa shape index (κ1) is 17.7. The molecule has 1 unspecified atom stereocenters. The smallest absolute Gasteiger partial charge is 0.247 e. The molecular formula is C21H18ClN3O2. The molecule has 2 aliphatic rings. The molecule has 2 heterocycles. The highest BCUT2D eigenvalue weighted by Crippen LogP contribution is 2.28. The lowest BCUT2D eigenvalue weighted by atomic mass is 9.94. The van der Waals surface area contributed by atoms with E-state index in [0.717, 1.165) is 16.7 Å². The van der Waals surface area contributed by atoms with Crippen LogP contribution < -0.4 is 0 Å². The highest BCUT2D eigenvalue weighted by Gasteiger charge is 2.42. The molecule has 2 amide bonds. The summed E-state index contributed by atoms with van der Waals surface area (Å²) in [5, 5.41) is 9.89. The van der Waals surface area contributed by atoms with E-state index in [-0.39, 0.29) is 24.8 Å². The summed E-state index contributed by atoms with van der Waals surface area (Å²) in [6.45, 7) is 1.53. The predicted molar refractivity (Wildman–Crippen MR) is 101 cm³/mol. The highest BCUT2D eigenvalue weighted by molar-refractivity contribution is 6.30. The molecule has 136 valence electrons. The van der Waals surface area contributed by atoms with Crippen molar-refractivity contribution in [3.63, 3.8) is 0 Å². The number of benzene rings is 2. The minimum atomic E-state index is -0.427. The van der Waals surface area contributed by atoms with Crippen LogP contribution in [-0.4, -0.2) is 34.2 Å². The van der Waals surface area contributed by atoms with Gasteiger partial charge in [0.2, 0.25) is 11.8 Å². The van der Waals surface area contributed by atoms with Gasteiger partial charge in [-0.15, -0.1) is 0 Å². The molecule has 6 heteroatoms. The molecular weight excluding hydrogens is 362 g/mol. The number of rotatable bonds is 3. The summed E-state index contributed by atoms with van der Waals surface area (Å²) in [5.74, 6) is -0.286. The number of imide groups is 1. The van der Waals surface area contributed by atoms with Crippen LogP contribution in [0.3, 0.4) is 0 Å². The second kappa shape index (κ2) is 7.15. The Balaban J connectivity index is 1.50. The van der Waals surface area contributed by atoms with Crippen LogP contribution in [0.25, 0.3) is 0 Å². The van der Waals surface area contributed by atoms with Crippen LogP contribution in [0.5, 0.6) is 0 Å². The van der Waals surface area contributed by atoms with Crippen LogP contribution in [-0.2, 0) is 29.1 Å². The third-order valence-corrected chi connectivity index (χ3v) is 5.58. The first-order chi connectivity index (χ1) is 13.1. The van der Waals surface area contributed by atoms with Crippen molar-refractivity contribution in [3.05, 3.63) is 69.7 Å². The molecule has 1 saturated heterocycles. The Labute approximate surface area is 162 Å². The number of fused-ring (bicyclic) bond motifs is 1. The zero-order valence-corrected chi connectivity index (χ0v) is 15.4. The summed E-state index contributed by atoms with van der Waals surface area (Å²) in [6.07, 6.45) is 0.925. The van der Waals surface area contributed by atoms with Crippen molar-refractivity contribution in [1.82, 2.24) is 9.80 Å². The molecule has 27 heavy (non-hydrogen) atoms. The van der Waals surface area contributed by atoms with Gasteiger partial charge in [0.1, 0.15) is 0 Å². The summed E-state index contributed by atoms with van der Waals surface area (Å²) in [4.78, 5) is 28.8. The van der Waals surface area contributed by atoms with Crippen molar-refractivity contribution in [2.45, 2.75) is 32.0 Å². The Kier molecular flexibility index (Phi) is 4.69. The zero-order chi connectivity index (χ0) is 19.0. The van der Waals surface area contributed by atoms with Gasteiger partial charge in [-0.1, -0.05) is 35.9 Å². The predicted octanol–water partition coefficient (Wildman–Crippen LogP) is 2.90. The Hall–Kier alpha value is -2.68. The van der Waals surface area contributed by atoms with Gasteiger partial charge in [-0.25, -0.2) is 0 Å². The normalized spacial score (nSPS) is 19.9. The Morgan fingerprint density at radius 1 is 1.15 bits per heavy atom. The lowest BCUT2D eigenvalue weighted by Crippen LogP contribution is -2.44. The van der Waals surface area contributed by atoms with E-state index in [1.165, 1.54) is 4.90 Å². The zero-order valence-electron chi connectivity index (χ0n) is 14.7. The van der Waals surface area contributed by atoms with Crippen molar-refractivity contribution in [2.75, 3.05) is 6.54 Å². The molecule has 0 radical (unpaired) electrons. The number of carbonyl (C=O) groups is 2. The number of hydrogen-bond donors (Lipinski definition) is 0. The molecule has 0 aliphatic carbocycles. The van der Waals surface area contributed by atoms with Crippen LogP contribution >= 0.6 is 11.6 Å². The molecule has 1 atom stereocenters. The van der Waals surface area contributed by atoms with Crippen molar-refractivity contribution in [3.8, 4) is 6.07 Å². The summed E-state index contributed by atoms with van der Waals surface area (Å²) in [7, 11) is 0. The van der Waals surface area contributed by atoms with Crippen LogP contribution in [0.1, 0.15) is 28.7 Å². The second-order valence-electron chi connectivity index (χ2n) is 6.94. The van der Waals surface area contributed by atoms with E-state index in [2.05, 4.69) is 11.0 Å². The standard InChI is InChI=1S/C21H18ClN3O2/c22-17-6-4-14(5-7-17)12-25-20(26)10-19(21(25)27)24-9-8-18-15(11-23)2-1-3-16(18)13-24/h1-7,19H,8-10,12-13H2. The van der Waals surface area contributed by atoms with Crippen molar-refractivity contribution in [1.29, 1.82) is 5.26 Å². The second-order valence-corrected chi connectivity index (χ2v) is 7.38. The highest BCUT2D eigenvalue weighted by atomic mass is 35.5. The summed E-state index contributed by atoms with van der Waals surface area (Å²) < 4.78 is 0. The SMILES string of the molecule is N#Cc1cccc2c1CCN(C1CC(=O)N(Cc3ccc(Cl)cc3)C1=O)C2. The maximum absolute atomic E-state index is 12.9. The number of nitrogens with zero attached hydrogens (tertiary/aromatic N) is 3. The molecule has 2 aliphatic heterocycles.